The Hall–Kier alpha value is -4.23. The quantitative estimate of drug-likeness (QED) is 0.263. The summed E-state index contributed by atoms with van der Waals surface area (Å²) in [6.07, 6.45) is 5.89. The highest BCUT2D eigenvalue weighted by Crippen LogP contribution is 2.35. The van der Waals surface area contributed by atoms with Crippen molar-refractivity contribution >= 4 is 33.4 Å². The number of alkyl halides is 2. The normalized spacial score (nSPS) is 15.6. The van der Waals surface area contributed by atoms with Crippen LogP contribution in [0.3, 0.4) is 0 Å². The van der Waals surface area contributed by atoms with Gasteiger partial charge < -0.3 is 4.98 Å². The fourth-order valence-corrected chi connectivity index (χ4v) is 5.65. The molecule has 39 heavy (non-hydrogen) atoms. The van der Waals surface area contributed by atoms with Gasteiger partial charge in [0.1, 0.15) is 22.7 Å². The fraction of sp³-hybridized carbons (Fsp3) is 0.192. The van der Waals surface area contributed by atoms with Crippen LogP contribution in [0.15, 0.2) is 49.1 Å². The van der Waals surface area contributed by atoms with Crippen molar-refractivity contribution in [3.05, 3.63) is 65.6 Å². The van der Waals surface area contributed by atoms with E-state index in [1.165, 1.54) is 18.5 Å². The molecule has 2 N–H and O–H groups in total. The second-order valence-corrected chi connectivity index (χ2v) is 10.5. The number of aromatic amines is 2. The van der Waals surface area contributed by atoms with Crippen molar-refractivity contribution in [3.63, 3.8) is 0 Å². The third kappa shape index (κ3) is 4.23. The van der Waals surface area contributed by atoms with Crippen molar-refractivity contribution < 1.29 is 17.6 Å². The third-order valence-corrected chi connectivity index (χ3v) is 7.60. The van der Waals surface area contributed by atoms with Crippen molar-refractivity contribution in [1.82, 2.24) is 40.0 Å². The van der Waals surface area contributed by atoms with E-state index in [9.17, 15) is 13.2 Å². The van der Waals surface area contributed by atoms with E-state index in [2.05, 4.69) is 35.1 Å². The van der Waals surface area contributed by atoms with E-state index in [1.54, 1.807) is 35.5 Å². The second kappa shape index (κ2) is 8.92. The zero-order chi connectivity index (χ0) is 26.7. The van der Waals surface area contributed by atoms with E-state index in [0.717, 1.165) is 11.3 Å². The van der Waals surface area contributed by atoms with Gasteiger partial charge in [-0.15, -0.1) is 11.3 Å². The Morgan fingerprint density at radius 1 is 1.05 bits per heavy atom. The molecule has 1 fully saturated rings. The van der Waals surface area contributed by atoms with Gasteiger partial charge in [-0.1, -0.05) is 0 Å². The maximum atomic E-state index is 16.0. The molecule has 8 nitrogen and oxygen atoms in total. The van der Waals surface area contributed by atoms with Crippen LogP contribution in [0.5, 0.6) is 0 Å². The summed E-state index contributed by atoms with van der Waals surface area (Å²) in [6, 6.07) is 6.45. The third-order valence-electron chi connectivity index (χ3n) is 6.72. The van der Waals surface area contributed by atoms with Crippen molar-refractivity contribution in [1.29, 1.82) is 0 Å². The average molecular weight is 551 g/mol. The maximum Gasteiger partial charge on any atom is 0.261 e. The number of fused-ring (bicyclic) bond motifs is 2. The molecule has 0 radical (unpaired) electrons. The molecule has 196 valence electrons. The zero-order valence-electron chi connectivity index (χ0n) is 20.1. The Labute approximate surface area is 221 Å². The summed E-state index contributed by atoms with van der Waals surface area (Å²) >= 11 is 0.957. The van der Waals surface area contributed by atoms with E-state index >= 15 is 4.39 Å². The van der Waals surface area contributed by atoms with Crippen molar-refractivity contribution in [2.24, 2.45) is 0 Å². The molecule has 0 unspecified atom stereocenters. The van der Waals surface area contributed by atoms with Crippen LogP contribution in [0, 0.1) is 10.9 Å². The van der Waals surface area contributed by atoms with E-state index in [4.69, 9.17) is 0 Å². The number of H-pyrrole nitrogens is 2. The molecule has 0 saturated carbocycles. The molecular formula is C26H18F4N8S. The molecule has 1 saturated heterocycles. The van der Waals surface area contributed by atoms with Gasteiger partial charge in [-0.3, -0.25) is 20.0 Å². The van der Waals surface area contributed by atoms with Crippen LogP contribution in [0.25, 0.3) is 55.3 Å². The first-order chi connectivity index (χ1) is 18.8. The number of nitrogens with one attached hydrogen (secondary N) is 2. The van der Waals surface area contributed by atoms with Gasteiger partial charge in [0.05, 0.1) is 22.3 Å². The largest absolute Gasteiger partial charge is 0.336 e. The Morgan fingerprint density at radius 3 is 2.74 bits per heavy atom. The van der Waals surface area contributed by atoms with Crippen molar-refractivity contribution in [3.8, 4) is 33.2 Å². The van der Waals surface area contributed by atoms with Crippen LogP contribution in [-0.4, -0.2) is 59.0 Å². The molecule has 0 aromatic carbocycles. The molecule has 13 heteroatoms. The minimum atomic E-state index is -2.70. The predicted octanol–water partition coefficient (Wildman–Crippen LogP) is 5.81. The zero-order valence-corrected chi connectivity index (χ0v) is 20.9. The molecular weight excluding hydrogens is 532 g/mol. The highest BCUT2D eigenvalue weighted by atomic mass is 32.1. The van der Waals surface area contributed by atoms with Crippen molar-refractivity contribution in [2.75, 3.05) is 13.1 Å². The minimum Gasteiger partial charge on any atom is -0.336 e. The van der Waals surface area contributed by atoms with Gasteiger partial charge in [-0.05, 0) is 29.8 Å². The highest BCUT2D eigenvalue weighted by molar-refractivity contribution is 7.13. The number of hydrogen-bond donors (Lipinski definition) is 2. The molecule has 1 aliphatic heterocycles. The smallest absolute Gasteiger partial charge is 0.261 e. The number of pyridine rings is 3. The number of halogens is 4. The number of imidazole rings is 1. The van der Waals surface area contributed by atoms with E-state index < -0.39 is 11.7 Å². The lowest BCUT2D eigenvalue weighted by molar-refractivity contribution is 0.0115. The van der Waals surface area contributed by atoms with Crippen LogP contribution in [0.2, 0.25) is 0 Å². The molecule has 6 aromatic heterocycles. The van der Waals surface area contributed by atoms with E-state index in [0.29, 0.717) is 38.6 Å². The standard InChI is InChI=1S/C26H18F4N8S/c27-18-2-1-17(39-18)22-21-16(3-5-32-22)34-25(35-21)23-19-20(28)15(10-33-24(19)37-36-23)14-7-13(8-31-9-14)11-38-6-4-26(29,30)12-38/h1-3,5,7-10H,4,6,11-12H2,(H,34,35)(H,33,36,37). The Bertz CT molecular complexity index is 1860. The summed E-state index contributed by atoms with van der Waals surface area (Å²) < 4.78 is 56.9. The molecule has 0 aliphatic carbocycles. The Morgan fingerprint density at radius 2 is 1.95 bits per heavy atom. The SMILES string of the molecule is Fc1ccc(-c2nccc3[nH]c(-c4n[nH]c5ncc(-c6cncc(CN7CCC(F)(F)C7)c6)c(F)c45)nc23)s1. The molecule has 6 aromatic rings. The summed E-state index contributed by atoms with van der Waals surface area (Å²) in [5, 5.41) is 6.81. The topological polar surface area (TPSA) is 99.3 Å². The number of nitrogens with zero attached hydrogens (tertiary/aromatic N) is 6. The van der Waals surface area contributed by atoms with Gasteiger partial charge in [0, 0.05) is 55.4 Å². The molecule has 0 spiro atoms. The summed E-state index contributed by atoms with van der Waals surface area (Å²) in [6.45, 7) is 0.259. The molecule has 0 amide bonds. The van der Waals surface area contributed by atoms with E-state index in [-0.39, 0.29) is 53.5 Å². The predicted molar refractivity (Wildman–Crippen MR) is 138 cm³/mol. The van der Waals surface area contributed by atoms with Crippen LogP contribution in [0.4, 0.5) is 17.6 Å². The van der Waals surface area contributed by atoms with Gasteiger partial charge in [-0.2, -0.15) is 9.49 Å². The first kappa shape index (κ1) is 23.9. The summed E-state index contributed by atoms with van der Waals surface area (Å²) in [5.74, 6) is -2.98. The number of rotatable bonds is 5. The average Bonchev–Trinajstić information content (AvgIpc) is 3.70. The minimum absolute atomic E-state index is 0.132. The van der Waals surface area contributed by atoms with Gasteiger partial charge in [0.15, 0.2) is 16.6 Å². The molecule has 1 aliphatic rings. The summed E-state index contributed by atoms with van der Waals surface area (Å²) in [4.78, 5) is 23.0. The lowest BCUT2D eigenvalue weighted by Gasteiger charge is -2.15. The number of likely N-dealkylation sites (tertiary alicyclic amines) is 1. The number of aromatic nitrogens is 7. The fourth-order valence-electron chi connectivity index (χ4n) is 4.92. The van der Waals surface area contributed by atoms with Gasteiger partial charge >= 0.3 is 0 Å². The lowest BCUT2D eigenvalue weighted by atomic mass is 10.0. The lowest BCUT2D eigenvalue weighted by Crippen LogP contribution is -2.24. The maximum absolute atomic E-state index is 16.0. The summed E-state index contributed by atoms with van der Waals surface area (Å²) in [7, 11) is 0. The Balaban J connectivity index is 1.28. The van der Waals surface area contributed by atoms with Gasteiger partial charge in [-0.25, -0.2) is 23.1 Å². The first-order valence-electron chi connectivity index (χ1n) is 12.0. The Kier molecular flexibility index (Phi) is 5.45. The van der Waals surface area contributed by atoms with Gasteiger partial charge in [0.2, 0.25) is 0 Å². The molecule has 0 atom stereocenters. The monoisotopic (exact) mass is 550 g/mol. The van der Waals surface area contributed by atoms with E-state index in [1.807, 2.05) is 0 Å². The van der Waals surface area contributed by atoms with Crippen LogP contribution >= 0.6 is 11.3 Å². The van der Waals surface area contributed by atoms with Crippen molar-refractivity contribution in [2.45, 2.75) is 18.9 Å². The number of thiophene rings is 1. The first-order valence-corrected chi connectivity index (χ1v) is 12.8. The van der Waals surface area contributed by atoms with Gasteiger partial charge in [0.25, 0.3) is 5.92 Å². The van der Waals surface area contributed by atoms with Crippen LogP contribution in [-0.2, 0) is 6.54 Å². The molecule has 7 rings (SSSR count). The van der Waals surface area contributed by atoms with Crippen LogP contribution in [0.1, 0.15) is 12.0 Å². The van der Waals surface area contributed by atoms with Crippen LogP contribution < -0.4 is 0 Å². The highest BCUT2D eigenvalue weighted by Gasteiger charge is 2.38. The number of hydrogen-bond acceptors (Lipinski definition) is 7. The second-order valence-electron chi connectivity index (χ2n) is 9.43. The summed E-state index contributed by atoms with van der Waals surface area (Å²) in [5.41, 5.74) is 3.44. The molecule has 7 heterocycles. The molecule has 0 bridgehead atoms.